The van der Waals surface area contributed by atoms with Gasteiger partial charge in [-0.25, -0.2) is 8.42 Å². The largest absolute Gasteiger partial charge is 0.224 e. The van der Waals surface area contributed by atoms with E-state index in [1.807, 2.05) is 12.1 Å². The van der Waals surface area contributed by atoms with Crippen molar-refractivity contribution >= 4 is 9.84 Å². The molecule has 24 heavy (non-hydrogen) atoms. The third-order valence-corrected chi connectivity index (χ3v) is 5.26. The van der Waals surface area contributed by atoms with Crippen molar-refractivity contribution in [2.24, 2.45) is 0 Å². The summed E-state index contributed by atoms with van der Waals surface area (Å²) in [5.74, 6) is 0. The van der Waals surface area contributed by atoms with Crippen LogP contribution in [0.15, 0.2) is 71.6 Å². The van der Waals surface area contributed by atoms with Crippen LogP contribution < -0.4 is 0 Å². The van der Waals surface area contributed by atoms with Gasteiger partial charge in [-0.3, -0.25) is 0 Å². The quantitative estimate of drug-likeness (QED) is 0.671. The van der Waals surface area contributed by atoms with E-state index in [1.165, 1.54) is 17.4 Å². The summed E-state index contributed by atoms with van der Waals surface area (Å²) in [5.41, 5.74) is 6.83. The van der Waals surface area contributed by atoms with Crippen LogP contribution in [0.2, 0.25) is 0 Å². The smallest absolute Gasteiger partial charge is 0.175 e. The molecule has 3 rings (SSSR count). The molecule has 0 atom stereocenters. The number of rotatable bonds is 3. The van der Waals surface area contributed by atoms with Crippen LogP contribution in [0, 0.1) is 13.8 Å². The Morgan fingerprint density at radius 1 is 0.625 bits per heavy atom. The van der Waals surface area contributed by atoms with Crippen molar-refractivity contribution in [3.05, 3.63) is 77.9 Å². The molecule has 0 aliphatic carbocycles. The Morgan fingerprint density at radius 3 is 1.71 bits per heavy atom. The Kier molecular flexibility index (Phi) is 4.29. The first-order valence-electron chi connectivity index (χ1n) is 7.83. The van der Waals surface area contributed by atoms with E-state index >= 15 is 0 Å². The summed E-state index contributed by atoms with van der Waals surface area (Å²) in [4.78, 5) is 0.343. The van der Waals surface area contributed by atoms with Crippen molar-refractivity contribution in [1.82, 2.24) is 0 Å². The summed E-state index contributed by atoms with van der Waals surface area (Å²) in [6.45, 7) is 4.14. The molecule has 0 saturated heterocycles. The number of sulfone groups is 1. The van der Waals surface area contributed by atoms with E-state index in [1.54, 1.807) is 12.1 Å². The molecule has 0 fully saturated rings. The molecule has 0 aliphatic rings. The molecule has 0 aromatic heterocycles. The van der Waals surface area contributed by atoms with Crippen LogP contribution in [0.1, 0.15) is 11.1 Å². The second-order valence-corrected chi connectivity index (χ2v) is 8.23. The molecule has 0 unspecified atom stereocenters. The maximum Gasteiger partial charge on any atom is 0.175 e. The Balaban J connectivity index is 2.13. The van der Waals surface area contributed by atoms with E-state index < -0.39 is 9.84 Å². The first-order chi connectivity index (χ1) is 11.3. The van der Waals surface area contributed by atoms with Crippen LogP contribution in [-0.2, 0) is 9.84 Å². The summed E-state index contributed by atoms with van der Waals surface area (Å²) in [7, 11) is -3.18. The maximum atomic E-state index is 11.7. The molecule has 2 nitrogen and oxygen atoms in total. The monoisotopic (exact) mass is 336 g/mol. The van der Waals surface area contributed by atoms with Gasteiger partial charge in [-0.1, -0.05) is 65.7 Å². The summed E-state index contributed by atoms with van der Waals surface area (Å²) in [5, 5.41) is 0. The van der Waals surface area contributed by atoms with E-state index in [0.29, 0.717) is 4.90 Å². The highest BCUT2D eigenvalue weighted by molar-refractivity contribution is 7.90. The number of hydrogen-bond donors (Lipinski definition) is 0. The van der Waals surface area contributed by atoms with Gasteiger partial charge < -0.3 is 0 Å². The molecule has 3 heteroatoms. The van der Waals surface area contributed by atoms with Gasteiger partial charge in [-0.2, -0.15) is 0 Å². The highest BCUT2D eigenvalue weighted by atomic mass is 32.2. The predicted molar refractivity (Wildman–Crippen MR) is 99.9 cm³/mol. The van der Waals surface area contributed by atoms with Crippen molar-refractivity contribution < 1.29 is 8.42 Å². The molecule has 0 bridgehead atoms. The van der Waals surface area contributed by atoms with Gasteiger partial charge in [0.25, 0.3) is 0 Å². The average molecular weight is 336 g/mol. The molecule has 122 valence electrons. The SMILES string of the molecule is Cc1ccc(-c2ccc(C)cc2-c2ccc(S(C)(=O)=O)cc2)cc1. The van der Waals surface area contributed by atoms with Gasteiger partial charge in [0.05, 0.1) is 4.90 Å². The van der Waals surface area contributed by atoms with E-state index in [4.69, 9.17) is 0 Å². The molecule has 3 aromatic carbocycles. The lowest BCUT2D eigenvalue weighted by molar-refractivity contribution is 0.602. The van der Waals surface area contributed by atoms with Gasteiger partial charge in [0, 0.05) is 6.26 Å². The number of aryl methyl sites for hydroxylation is 2. The number of benzene rings is 3. The second-order valence-electron chi connectivity index (χ2n) is 6.21. The lowest BCUT2D eigenvalue weighted by Crippen LogP contribution is -1.96. The zero-order valence-electron chi connectivity index (χ0n) is 14.1. The van der Waals surface area contributed by atoms with E-state index in [2.05, 4.69) is 56.3 Å². The van der Waals surface area contributed by atoms with Gasteiger partial charge in [0.2, 0.25) is 0 Å². The lowest BCUT2D eigenvalue weighted by atomic mass is 9.93. The fraction of sp³-hybridized carbons (Fsp3) is 0.143. The molecule has 0 radical (unpaired) electrons. The van der Waals surface area contributed by atoms with Crippen LogP contribution in [0.3, 0.4) is 0 Å². The Bertz CT molecular complexity index is 967. The molecule has 0 heterocycles. The lowest BCUT2D eigenvalue weighted by Gasteiger charge is -2.12. The van der Waals surface area contributed by atoms with Crippen molar-refractivity contribution in [1.29, 1.82) is 0 Å². The van der Waals surface area contributed by atoms with Crippen LogP contribution >= 0.6 is 0 Å². The van der Waals surface area contributed by atoms with Gasteiger partial charge in [0.1, 0.15) is 0 Å². The van der Waals surface area contributed by atoms with Crippen molar-refractivity contribution in [3.8, 4) is 22.3 Å². The molecule has 0 amide bonds. The van der Waals surface area contributed by atoms with E-state index in [0.717, 1.165) is 22.3 Å². The Hall–Kier alpha value is -2.39. The maximum absolute atomic E-state index is 11.7. The zero-order valence-corrected chi connectivity index (χ0v) is 14.9. The molecular formula is C21H20O2S. The first-order valence-corrected chi connectivity index (χ1v) is 9.72. The van der Waals surface area contributed by atoms with Crippen molar-refractivity contribution in [2.75, 3.05) is 6.26 Å². The summed E-state index contributed by atoms with van der Waals surface area (Å²) in [6, 6.07) is 21.9. The first kappa shape index (κ1) is 16.5. The summed E-state index contributed by atoms with van der Waals surface area (Å²) >= 11 is 0. The van der Waals surface area contributed by atoms with E-state index in [9.17, 15) is 8.42 Å². The van der Waals surface area contributed by atoms with Crippen molar-refractivity contribution in [3.63, 3.8) is 0 Å². The van der Waals surface area contributed by atoms with Gasteiger partial charge in [-0.15, -0.1) is 0 Å². The van der Waals surface area contributed by atoms with Crippen LogP contribution in [0.4, 0.5) is 0 Å². The topological polar surface area (TPSA) is 34.1 Å². The third kappa shape index (κ3) is 3.41. The molecule has 0 N–H and O–H groups in total. The normalized spacial score (nSPS) is 11.5. The van der Waals surface area contributed by atoms with Gasteiger partial charge in [0.15, 0.2) is 9.84 Å². The zero-order chi connectivity index (χ0) is 17.3. The minimum absolute atomic E-state index is 0.343. The molecular weight excluding hydrogens is 316 g/mol. The standard InChI is InChI=1S/C21H20O2S/c1-15-4-7-17(8-5-15)20-13-6-16(2)14-21(20)18-9-11-19(12-10-18)24(3,22)23/h4-14H,1-3H3. The Morgan fingerprint density at radius 2 is 1.12 bits per heavy atom. The second kappa shape index (κ2) is 6.25. The minimum atomic E-state index is -3.18. The molecule has 0 spiro atoms. The average Bonchev–Trinajstić information content (AvgIpc) is 2.55. The molecule has 0 aliphatic heterocycles. The van der Waals surface area contributed by atoms with Gasteiger partial charge in [-0.05, 0) is 48.2 Å². The molecule has 3 aromatic rings. The predicted octanol–water partition coefficient (Wildman–Crippen LogP) is 5.04. The van der Waals surface area contributed by atoms with Gasteiger partial charge >= 0.3 is 0 Å². The summed E-state index contributed by atoms with van der Waals surface area (Å²) < 4.78 is 23.3. The van der Waals surface area contributed by atoms with E-state index in [-0.39, 0.29) is 0 Å². The fourth-order valence-corrected chi connectivity index (χ4v) is 3.39. The summed E-state index contributed by atoms with van der Waals surface area (Å²) in [6.07, 6.45) is 1.23. The minimum Gasteiger partial charge on any atom is -0.224 e. The van der Waals surface area contributed by atoms with Crippen LogP contribution in [0.25, 0.3) is 22.3 Å². The van der Waals surface area contributed by atoms with Crippen LogP contribution in [0.5, 0.6) is 0 Å². The Labute approximate surface area is 143 Å². The highest BCUT2D eigenvalue weighted by Gasteiger charge is 2.10. The highest BCUT2D eigenvalue weighted by Crippen LogP contribution is 2.33. The third-order valence-electron chi connectivity index (χ3n) is 4.13. The van der Waals surface area contributed by atoms with Crippen LogP contribution in [-0.4, -0.2) is 14.7 Å². The molecule has 0 saturated carbocycles. The van der Waals surface area contributed by atoms with Crippen molar-refractivity contribution in [2.45, 2.75) is 18.7 Å². The fourth-order valence-electron chi connectivity index (χ4n) is 2.76. The number of hydrogen-bond acceptors (Lipinski definition) is 2.